The van der Waals surface area contributed by atoms with Gasteiger partial charge in [0, 0.05) is 13.1 Å². The van der Waals surface area contributed by atoms with Crippen LogP contribution in [-0.2, 0) is 9.53 Å². The zero-order valence-electron chi connectivity index (χ0n) is 9.02. The first-order valence-corrected chi connectivity index (χ1v) is 5.16. The van der Waals surface area contributed by atoms with E-state index in [1.807, 2.05) is 0 Å². The van der Waals surface area contributed by atoms with Gasteiger partial charge in [0.15, 0.2) is 5.82 Å². The van der Waals surface area contributed by atoms with E-state index >= 15 is 0 Å². The van der Waals surface area contributed by atoms with E-state index in [0.29, 0.717) is 19.0 Å². The third-order valence-corrected chi connectivity index (χ3v) is 2.19. The lowest BCUT2D eigenvalue weighted by Gasteiger charge is -2.22. The Morgan fingerprint density at radius 1 is 1.69 bits per heavy atom. The van der Waals surface area contributed by atoms with Crippen LogP contribution in [-0.4, -0.2) is 41.8 Å². The molecule has 1 aromatic rings. The van der Waals surface area contributed by atoms with Gasteiger partial charge in [0.2, 0.25) is 5.91 Å². The van der Waals surface area contributed by atoms with E-state index in [2.05, 4.69) is 20.8 Å². The molecule has 2 rings (SSSR count). The largest absolute Gasteiger partial charge is 0.375 e. The molecule has 2 heterocycles. The number of morpholine rings is 1. The molecule has 1 unspecified atom stereocenters. The average Bonchev–Trinajstić information content (AvgIpc) is 2.65. The number of ether oxygens (including phenoxy) is 1. The Morgan fingerprint density at radius 2 is 2.56 bits per heavy atom. The van der Waals surface area contributed by atoms with Crippen LogP contribution in [0, 0.1) is 6.92 Å². The van der Waals surface area contributed by atoms with Crippen LogP contribution in [0.4, 0.5) is 6.01 Å². The Labute approximate surface area is 92.5 Å². The van der Waals surface area contributed by atoms with Gasteiger partial charge in [0.05, 0.1) is 19.1 Å². The first kappa shape index (κ1) is 11.0. The number of aryl methyl sites for hydroxylation is 1. The molecule has 0 spiro atoms. The summed E-state index contributed by atoms with van der Waals surface area (Å²) in [4.78, 5) is 15.4. The topological polar surface area (TPSA) is 89.3 Å². The maximum Gasteiger partial charge on any atom is 0.328 e. The van der Waals surface area contributed by atoms with Crippen molar-refractivity contribution < 1.29 is 14.1 Å². The summed E-state index contributed by atoms with van der Waals surface area (Å²) < 4.78 is 10.2. The number of hydrogen-bond donors (Lipinski definition) is 2. The van der Waals surface area contributed by atoms with Gasteiger partial charge in [0.1, 0.15) is 0 Å². The van der Waals surface area contributed by atoms with Gasteiger partial charge in [-0.3, -0.25) is 10.1 Å². The van der Waals surface area contributed by atoms with Crippen LogP contribution in [0.25, 0.3) is 0 Å². The monoisotopic (exact) mass is 226 g/mol. The number of hydrogen-bond acceptors (Lipinski definition) is 6. The molecule has 2 N–H and O–H groups in total. The van der Waals surface area contributed by atoms with Gasteiger partial charge in [-0.15, -0.1) is 0 Å². The molecule has 7 nitrogen and oxygen atoms in total. The summed E-state index contributed by atoms with van der Waals surface area (Å²) in [7, 11) is 0. The van der Waals surface area contributed by atoms with Crippen molar-refractivity contribution in [1.29, 1.82) is 0 Å². The molecule has 0 saturated carbocycles. The second kappa shape index (κ2) is 5.04. The van der Waals surface area contributed by atoms with Crippen LogP contribution in [0.5, 0.6) is 0 Å². The Kier molecular flexibility index (Phi) is 3.47. The summed E-state index contributed by atoms with van der Waals surface area (Å²) in [5.74, 6) is 0.309. The smallest absolute Gasteiger partial charge is 0.328 e. The fraction of sp³-hybridized carbons (Fsp3) is 0.667. The minimum atomic E-state index is -0.183. The molecule has 0 aromatic carbocycles. The van der Waals surface area contributed by atoms with Crippen LogP contribution in [0.15, 0.2) is 4.52 Å². The minimum absolute atomic E-state index is 0.0854. The Hall–Kier alpha value is -1.47. The highest BCUT2D eigenvalue weighted by Crippen LogP contribution is 2.06. The number of anilines is 1. The van der Waals surface area contributed by atoms with Crippen LogP contribution < -0.4 is 10.6 Å². The Bertz CT molecular complexity index is 359. The van der Waals surface area contributed by atoms with Gasteiger partial charge in [-0.25, -0.2) is 0 Å². The van der Waals surface area contributed by atoms with Crippen LogP contribution in [0.2, 0.25) is 0 Å². The van der Waals surface area contributed by atoms with E-state index in [4.69, 9.17) is 9.26 Å². The second-order valence-corrected chi connectivity index (χ2v) is 3.60. The quantitative estimate of drug-likeness (QED) is 0.735. The number of carbonyl (C=O) groups is 1. The molecule has 1 aromatic heterocycles. The maximum atomic E-state index is 11.5. The Morgan fingerprint density at radius 3 is 3.19 bits per heavy atom. The third-order valence-electron chi connectivity index (χ3n) is 2.19. The van der Waals surface area contributed by atoms with Gasteiger partial charge in [-0.05, 0) is 6.92 Å². The average molecular weight is 226 g/mol. The van der Waals surface area contributed by atoms with Crippen molar-refractivity contribution in [3.8, 4) is 0 Å². The standard InChI is InChI=1S/C9H14N4O3/c1-6-11-9(16-13-6)12-8(14)4-7-5-10-2-3-15-7/h7,10H,2-5H2,1H3,(H,11,12,13,14). The highest BCUT2D eigenvalue weighted by atomic mass is 16.5. The highest BCUT2D eigenvalue weighted by Gasteiger charge is 2.18. The van der Waals surface area contributed by atoms with Crippen LogP contribution >= 0.6 is 0 Å². The highest BCUT2D eigenvalue weighted by molar-refractivity contribution is 5.88. The second-order valence-electron chi connectivity index (χ2n) is 3.60. The molecule has 1 saturated heterocycles. The van der Waals surface area contributed by atoms with Gasteiger partial charge in [-0.2, -0.15) is 4.98 Å². The fourth-order valence-corrected chi connectivity index (χ4v) is 1.48. The van der Waals surface area contributed by atoms with Gasteiger partial charge in [-0.1, -0.05) is 5.16 Å². The molecule has 0 bridgehead atoms. The lowest BCUT2D eigenvalue weighted by Crippen LogP contribution is -2.40. The molecule has 7 heteroatoms. The van der Waals surface area contributed by atoms with Crippen molar-refractivity contribution in [3.05, 3.63) is 5.82 Å². The predicted molar refractivity (Wildman–Crippen MR) is 54.9 cm³/mol. The van der Waals surface area contributed by atoms with E-state index in [9.17, 15) is 4.79 Å². The summed E-state index contributed by atoms with van der Waals surface area (Å²) >= 11 is 0. The van der Waals surface area contributed by atoms with Crippen molar-refractivity contribution in [2.24, 2.45) is 0 Å². The number of nitrogens with one attached hydrogen (secondary N) is 2. The molecular weight excluding hydrogens is 212 g/mol. The molecule has 1 fully saturated rings. The molecule has 88 valence electrons. The molecule has 0 radical (unpaired) electrons. The van der Waals surface area contributed by atoms with Gasteiger partial charge >= 0.3 is 6.01 Å². The SMILES string of the molecule is Cc1noc(NC(=O)CC2CNCCO2)n1. The molecular formula is C9H14N4O3. The van der Waals surface area contributed by atoms with E-state index in [1.165, 1.54) is 0 Å². The summed E-state index contributed by atoms with van der Waals surface area (Å²) in [5, 5.41) is 9.25. The van der Waals surface area contributed by atoms with Crippen molar-refractivity contribution in [2.75, 3.05) is 25.0 Å². The lowest BCUT2D eigenvalue weighted by molar-refractivity contribution is -0.119. The lowest BCUT2D eigenvalue weighted by atomic mass is 10.2. The number of nitrogens with zero attached hydrogens (tertiary/aromatic N) is 2. The van der Waals surface area contributed by atoms with E-state index in [1.54, 1.807) is 6.92 Å². The summed E-state index contributed by atoms with van der Waals surface area (Å²) in [5.41, 5.74) is 0. The number of rotatable bonds is 3. The first-order valence-electron chi connectivity index (χ1n) is 5.16. The number of carbonyl (C=O) groups excluding carboxylic acids is 1. The zero-order valence-corrected chi connectivity index (χ0v) is 9.02. The van der Waals surface area contributed by atoms with E-state index in [-0.39, 0.29) is 24.4 Å². The minimum Gasteiger partial charge on any atom is -0.375 e. The molecule has 1 atom stereocenters. The van der Waals surface area contributed by atoms with E-state index in [0.717, 1.165) is 6.54 Å². The number of aromatic nitrogens is 2. The first-order chi connectivity index (χ1) is 7.74. The fourth-order valence-electron chi connectivity index (χ4n) is 1.48. The zero-order chi connectivity index (χ0) is 11.4. The van der Waals surface area contributed by atoms with Crippen LogP contribution in [0.1, 0.15) is 12.2 Å². The van der Waals surface area contributed by atoms with Crippen LogP contribution in [0.3, 0.4) is 0 Å². The molecule has 1 aliphatic heterocycles. The molecule has 16 heavy (non-hydrogen) atoms. The maximum absolute atomic E-state index is 11.5. The number of amides is 1. The summed E-state index contributed by atoms with van der Waals surface area (Å²) in [6, 6.07) is 0.131. The Balaban J connectivity index is 1.79. The predicted octanol–water partition coefficient (Wildman–Crippen LogP) is -0.305. The van der Waals surface area contributed by atoms with Crippen molar-refractivity contribution in [1.82, 2.24) is 15.5 Å². The normalized spacial score (nSPS) is 20.7. The summed E-state index contributed by atoms with van der Waals surface area (Å²) in [6.45, 7) is 3.85. The third kappa shape index (κ3) is 3.01. The molecule has 0 aliphatic carbocycles. The summed E-state index contributed by atoms with van der Waals surface area (Å²) in [6.07, 6.45) is 0.201. The van der Waals surface area contributed by atoms with Crippen molar-refractivity contribution in [2.45, 2.75) is 19.4 Å². The van der Waals surface area contributed by atoms with Gasteiger partial charge < -0.3 is 14.6 Å². The van der Waals surface area contributed by atoms with Crippen molar-refractivity contribution in [3.63, 3.8) is 0 Å². The van der Waals surface area contributed by atoms with E-state index < -0.39 is 0 Å². The molecule has 1 amide bonds. The van der Waals surface area contributed by atoms with Crippen molar-refractivity contribution >= 4 is 11.9 Å². The van der Waals surface area contributed by atoms with Gasteiger partial charge in [0.25, 0.3) is 0 Å². The molecule has 1 aliphatic rings.